The molecule has 0 unspecified atom stereocenters. The van der Waals surface area contributed by atoms with Gasteiger partial charge in [-0.15, -0.1) is 0 Å². The first-order valence-corrected chi connectivity index (χ1v) is 9.61. The maximum Gasteiger partial charge on any atom is 0.240 e. The van der Waals surface area contributed by atoms with Gasteiger partial charge in [-0.1, -0.05) is 23.7 Å². The number of furan rings is 1. The molecule has 148 valence electrons. The van der Waals surface area contributed by atoms with Crippen LogP contribution in [0, 0.1) is 0 Å². The van der Waals surface area contributed by atoms with Crippen LogP contribution in [0.15, 0.2) is 65.1 Å². The standard InChI is InChI=1S/C22H19ClN2O4/c23-16-7-5-15(6-8-16)19-10-9-17(29-19)13-24-21(26)14-25-18-3-1-2-4-20(18)28-12-11-22(25)27/h1-10H,11-14H2,(H,24,26). The Hall–Kier alpha value is -3.25. The zero-order valence-corrected chi connectivity index (χ0v) is 16.3. The number of rotatable bonds is 5. The Morgan fingerprint density at radius 1 is 1.07 bits per heavy atom. The summed E-state index contributed by atoms with van der Waals surface area (Å²) in [5, 5.41) is 3.46. The molecule has 1 aromatic heterocycles. The number of para-hydroxylation sites is 2. The quantitative estimate of drug-likeness (QED) is 0.689. The average molecular weight is 411 g/mol. The number of carbonyl (C=O) groups excluding carboxylic acids is 2. The number of nitrogens with one attached hydrogen (secondary N) is 1. The summed E-state index contributed by atoms with van der Waals surface area (Å²) in [7, 11) is 0. The number of nitrogens with zero attached hydrogens (tertiary/aromatic N) is 1. The van der Waals surface area contributed by atoms with Gasteiger partial charge in [-0.05, 0) is 48.5 Å². The monoisotopic (exact) mass is 410 g/mol. The first-order valence-electron chi connectivity index (χ1n) is 9.24. The van der Waals surface area contributed by atoms with Crippen molar-refractivity contribution < 1.29 is 18.7 Å². The zero-order valence-electron chi connectivity index (χ0n) is 15.6. The molecule has 2 amide bonds. The lowest BCUT2D eigenvalue weighted by Gasteiger charge is -2.21. The fraction of sp³-hybridized carbons (Fsp3) is 0.182. The van der Waals surface area contributed by atoms with Crippen molar-refractivity contribution in [3.63, 3.8) is 0 Å². The van der Waals surface area contributed by atoms with Crippen LogP contribution in [0.25, 0.3) is 11.3 Å². The third-order valence-corrected chi connectivity index (χ3v) is 4.83. The molecular weight excluding hydrogens is 392 g/mol. The average Bonchev–Trinajstić information content (AvgIpc) is 3.14. The first-order chi connectivity index (χ1) is 14.1. The number of amides is 2. The molecule has 7 heteroatoms. The summed E-state index contributed by atoms with van der Waals surface area (Å²) in [6, 6.07) is 18.2. The van der Waals surface area contributed by atoms with Crippen LogP contribution in [-0.2, 0) is 16.1 Å². The maximum atomic E-state index is 12.5. The molecule has 2 heterocycles. The molecular formula is C22H19ClN2O4. The Labute approximate surface area is 173 Å². The molecule has 0 fully saturated rings. The number of halogens is 1. The SMILES string of the molecule is O=C(CN1C(=O)CCOc2ccccc21)NCc1ccc(-c2ccc(Cl)cc2)o1. The van der Waals surface area contributed by atoms with Gasteiger partial charge in [0.25, 0.3) is 0 Å². The van der Waals surface area contributed by atoms with E-state index in [-0.39, 0.29) is 31.3 Å². The summed E-state index contributed by atoms with van der Waals surface area (Å²) >= 11 is 5.91. The van der Waals surface area contributed by atoms with Crippen LogP contribution in [0.1, 0.15) is 12.2 Å². The van der Waals surface area contributed by atoms with Crippen LogP contribution in [0.3, 0.4) is 0 Å². The molecule has 4 rings (SSSR count). The molecule has 2 aromatic carbocycles. The smallest absolute Gasteiger partial charge is 0.240 e. The normalized spacial score (nSPS) is 13.4. The van der Waals surface area contributed by atoms with Gasteiger partial charge in [0.05, 0.1) is 25.3 Å². The van der Waals surface area contributed by atoms with Gasteiger partial charge >= 0.3 is 0 Å². The topological polar surface area (TPSA) is 71.8 Å². The second kappa shape index (κ2) is 8.41. The number of carbonyl (C=O) groups is 2. The number of hydrogen-bond acceptors (Lipinski definition) is 4. The van der Waals surface area contributed by atoms with E-state index in [1.54, 1.807) is 24.3 Å². The van der Waals surface area contributed by atoms with Crippen molar-refractivity contribution in [1.29, 1.82) is 0 Å². The molecule has 0 bridgehead atoms. The second-order valence-electron chi connectivity index (χ2n) is 6.60. The van der Waals surface area contributed by atoms with Gasteiger partial charge in [-0.3, -0.25) is 14.5 Å². The maximum absolute atomic E-state index is 12.5. The first kappa shape index (κ1) is 19.1. The predicted molar refractivity (Wildman–Crippen MR) is 110 cm³/mol. The number of hydrogen-bond donors (Lipinski definition) is 1. The van der Waals surface area contributed by atoms with Crippen LogP contribution in [0.2, 0.25) is 5.02 Å². The predicted octanol–water partition coefficient (Wildman–Crippen LogP) is 4.03. The summed E-state index contributed by atoms with van der Waals surface area (Å²) in [5.41, 5.74) is 1.51. The number of benzene rings is 2. The van der Waals surface area contributed by atoms with Gasteiger partial charge in [0.2, 0.25) is 11.8 Å². The van der Waals surface area contributed by atoms with E-state index in [4.69, 9.17) is 20.8 Å². The largest absolute Gasteiger partial charge is 0.491 e. The number of anilines is 1. The molecule has 1 N–H and O–H groups in total. The van der Waals surface area contributed by atoms with E-state index in [9.17, 15) is 9.59 Å². The zero-order chi connectivity index (χ0) is 20.2. The molecule has 0 radical (unpaired) electrons. The Morgan fingerprint density at radius 2 is 1.86 bits per heavy atom. The minimum absolute atomic E-state index is 0.0794. The fourth-order valence-electron chi connectivity index (χ4n) is 3.12. The summed E-state index contributed by atoms with van der Waals surface area (Å²) < 4.78 is 11.4. The summed E-state index contributed by atoms with van der Waals surface area (Å²) in [6.45, 7) is 0.449. The molecule has 0 saturated carbocycles. The minimum Gasteiger partial charge on any atom is -0.491 e. The van der Waals surface area contributed by atoms with Crippen molar-refractivity contribution in [2.75, 3.05) is 18.1 Å². The summed E-state index contributed by atoms with van der Waals surface area (Å²) in [4.78, 5) is 26.3. The highest BCUT2D eigenvalue weighted by molar-refractivity contribution is 6.30. The van der Waals surface area contributed by atoms with E-state index < -0.39 is 0 Å². The van der Waals surface area contributed by atoms with Crippen LogP contribution < -0.4 is 15.0 Å². The molecule has 0 atom stereocenters. The van der Waals surface area contributed by atoms with Crippen LogP contribution >= 0.6 is 11.6 Å². The lowest BCUT2D eigenvalue weighted by Crippen LogP contribution is -2.40. The van der Waals surface area contributed by atoms with Crippen molar-refractivity contribution in [3.05, 3.63) is 71.4 Å². The second-order valence-corrected chi connectivity index (χ2v) is 7.03. The van der Waals surface area contributed by atoms with E-state index in [1.165, 1.54) is 4.90 Å². The van der Waals surface area contributed by atoms with Gasteiger partial charge in [0, 0.05) is 10.6 Å². The van der Waals surface area contributed by atoms with Gasteiger partial charge in [-0.25, -0.2) is 0 Å². The summed E-state index contributed by atoms with van der Waals surface area (Å²) in [6.07, 6.45) is 0.227. The van der Waals surface area contributed by atoms with E-state index in [0.717, 1.165) is 5.56 Å². The van der Waals surface area contributed by atoms with Crippen molar-refractivity contribution in [3.8, 4) is 17.1 Å². The molecule has 1 aliphatic rings. The van der Waals surface area contributed by atoms with E-state index in [0.29, 0.717) is 34.6 Å². The third-order valence-electron chi connectivity index (χ3n) is 4.58. The molecule has 6 nitrogen and oxygen atoms in total. The van der Waals surface area contributed by atoms with Gasteiger partial charge < -0.3 is 14.5 Å². The molecule has 1 aliphatic heterocycles. The van der Waals surface area contributed by atoms with Crippen LogP contribution in [-0.4, -0.2) is 25.0 Å². The van der Waals surface area contributed by atoms with Gasteiger partial charge in [0.1, 0.15) is 23.8 Å². The summed E-state index contributed by atoms with van der Waals surface area (Å²) in [5.74, 6) is 1.49. The highest BCUT2D eigenvalue weighted by Gasteiger charge is 2.25. The highest BCUT2D eigenvalue weighted by atomic mass is 35.5. The van der Waals surface area contributed by atoms with Crippen LogP contribution in [0.5, 0.6) is 5.75 Å². The lowest BCUT2D eigenvalue weighted by molar-refractivity contribution is -0.124. The number of fused-ring (bicyclic) bond motifs is 1. The van der Waals surface area contributed by atoms with Crippen molar-refractivity contribution in [1.82, 2.24) is 5.32 Å². The molecule has 3 aromatic rings. The molecule has 0 saturated heterocycles. The van der Waals surface area contributed by atoms with E-state index in [1.807, 2.05) is 36.4 Å². The lowest BCUT2D eigenvalue weighted by atomic mass is 10.2. The molecule has 29 heavy (non-hydrogen) atoms. The fourth-order valence-corrected chi connectivity index (χ4v) is 3.25. The van der Waals surface area contributed by atoms with Gasteiger partial charge in [-0.2, -0.15) is 0 Å². The number of ether oxygens (including phenoxy) is 1. The van der Waals surface area contributed by atoms with E-state index >= 15 is 0 Å². The molecule has 0 aliphatic carbocycles. The molecule has 0 spiro atoms. The Balaban J connectivity index is 1.39. The van der Waals surface area contributed by atoms with Crippen molar-refractivity contribution in [2.24, 2.45) is 0 Å². The minimum atomic E-state index is -0.278. The Morgan fingerprint density at radius 3 is 2.69 bits per heavy atom. The Bertz CT molecular complexity index is 1030. The van der Waals surface area contributed by atoms with Crippen LogP contribution in [0.4, 0.5) is 5.69 Å². The van der Waals surface area contributed by atoms with Gasteiger partial charge in [0.15, 0.2) is 0 Å². The van der Waals surface area contributed by atoms with Crippen molar-refractivity contribution in [2.45, 2.75) is 13.0 Å². The van der Waals surface area contributed by atoms with E-state index in [2.05, 4.69) is 5.32 Å². The van der Waals surface area contributed by atoms with Crippen molar-refractivity contribution >= 4 is 29.1 Å². The Kier molecular flexibility index (Phi) is 5.53. The third kappa shape index (κ3) is 4.43. The highest BCUT2D eigenvalue weighted by Crippen LogP contribution is 2.30.